The topological polar surface area (TPSA) is 76.6 Å². The second kappa shape index (κ2) is 10.2. The summed E-state index contributed by atoms with van der Waals surface area (Å²) in [5.41, 5.74) is 3.47. The number of carbonyl (C=O) groups excluding carboxylic acids is 1. The fraction of sp³-hybridized carbons (Fsp3) is 0.192. The van der Waals surface area contributed by atoms with Crippen LogP contribution in [0.4, 0.5) is 4.39 Å². The molecule has 174 valence electrons. The maximum atomic E-state index is 13.9. The number of nitrogens with zero attached hydrogens (tertiary/aromatic N) is 3. The summed E-state index contributed by atoms with van der Waals surface area (Å²) < 4.78 is 24.8. The fourth-order valence-corrected chi connectivity index (χ4v) is 3.55. The largest absolute Gasteiger partial charge is 0.479 e. The summed E-state index contributed by atoms with van der Waals surface area (Å²) in [6, 6.07) is 10.2. The van der Waals surface area contributed by atoms with Gasteiger partial charge in [0.1, 0.15) is 11.5 Å². The van der Waals surface area contributed by atoms with Crippen molar-refractivity contribution < 1.29 is 18.7 Å². The molecule has 1 aromatic carbocycles. The van der Waals surface area contributed by atoms with Crippen LogP contribution in [0, 0.1) is 12.7 Å². The number of aromatic nitrogens is 2. The highest BCUT2D eigenvalue weighted by Crippen LogP contribution is 2.29. The number of hydrogen-bond donors (Lipinski definition) is 1. The third-order valence-corrected chi connectivity index (χ3v) is 5.34. The molecular formula is C26H25FN4O3. The molecular weight excluding hydrogens is 435 g/mol. The van der Waals surface area contributed by atoms with Gasteiger partial charge in [0, 0.05) is 61.5 Å². The SMILES string of the molecule is COc1ncc(CNC(=O)c2cccc(Oc3ccnc(C4=CN(C)CC=C4)c3)c2C)cc1F. The zero-order chi connectivity index (χ0) is 24.1. The van der Waals surface area contributed by atoms with E-state index < -0.39 is 5.82 Å². The summed E-state index contributed by atoms with van der Waals surface area (Å²) in [6.45, 7) is 2.81. The molecule has 4 rings (SSSR count). The minimum absolute atomic E-state index is 0.0853. The van der Waals surface area contributed by atoms with Gasteiger partial charge < -0.3 is 19.7 Å². The summed E-state index contributed by atoms with van der Waals surface area (Å²) in [6.07, 6.45) is 9.30. The Bertz CT molecular complexity index is 1270. The Balaban J connectivity index is 1.48. The lowest BCUT2D eigenvalue weighted by Gasteiger charge is -2.18. The summed E-state index contributed by atoms with van der Waals surface area (Å²) >= 11 is 0. The molecule has 2 aromatic heterocycles. The molecule has 0 saturated heterocycles. The lowest BCUT2D eigenvalue weighted by atomic mass is 10.1. The molecule has 0 bridgehead atoms. The Labute approximate surface area is 197 Å². The smallest absolute Gasteiger partial charge is 0.251 e. The second-order valence-electron chi connectivity index (χ2n) is 7.85. The molecule has 0 aliphatic carbocycles. The molecule has 8 heteroatoms. The number of likely N-dealkylation sites (N-methyl/N-ethyl adjacent to an activating group) is 1. The standard InChI is InChI=1S/C26H25FN4O3/c1-17-21(25(32)29-14-18-12-22(27)26(33-3)30-15-18)7-4-8-24(17)34-20-9-10-28-23(13-20)19-6-5-11-31(2)16-19/h4-10,12-13,15-16H,11,14H2,1-3H3,(H,29,32). The van der Waals surface area contributed by atoms with Crippen LogP contribution in [0.2, 0.25) is 0 Å². The molecule has 0 radical (unpaired) electrons. The van der Waals surface area contributed by atoms with Crippen molar-refractivity contribution in [1.29, 1.82) is 0 Å². The number of methoxy groups -OCH3 is 1. The summed E-state index contributed by atoms with van der Waals surface area (Å²) in [7, 11) is 3.35. The van der Waals surface area contributed by atoms with Gasteiger partial charge in [-0.1, -0.05) is 18.2 Å². The van der Waals surface area contributed by atoms with Gasteiger partial charge >= 0.3 is 0 Å². The van der Waals surface area contributed by atoms with Crippen LogP contribution in [0.1, 0.15) is 27.2 Å². The minimum Gasteiger partial charge on any atom is -0.479 e. The van der Waals surface area contributed by atoms with Crippen molar-refractivity contribution in [1.82, 2.24) is 20.2 Å². The second-order valence-corrected chi connectivity index (χ2v) is 7.85. The Hall–Kier alpha value is -4.20. The van der Waals surface area contributed by atoms with Gasteiger partial charge in [0.05, 0.1) is 12.8 Å². The zero-order valence-corrected chi connectivity index (χ0v) is 19.2. The number of halogens is 1. The van der Waals surface area contributed by atoms with E-state index in [1.165, 1.54) is 19.4 Å². The Morgan fingerprint density at radius 2 is 2.09 bits per heavy atom. The molecule has 3 aromatic rings. The van der Waals surface area contributed by atoms with Gasteiger partial charge in [-0.25, -0.2) is 9.37 Å². The average Bonchev–Trinajstić information content (AvgIpc) is 2.84. The van der Waals surface area contributed by atoms with Gasteiger partial charge in [-0.2, -0.15) is 0 Å². The molecule has 0 fully saturated rings. The highest BCUT2D eigenvalue weighted by Gasteiger charge is 2.14. The van der Waals surface area contributed by atoms with E-state index in [2.05, 4.69) is 26.3 Å². The third kappa shape index (κ3) is 5.23. The quantitative estimate of drug-likeness (QED) is 0.560. The van der Waals surface area contributed by atoms with E-state index in [0.29, 0.717) is 28.2 Å². The lowest BCUT2D eigenvalue weighted by Crippen LogP contribution is -2.24. The van der Waals surface area contributed by atoms with Gasteiger partial charge in [-0.3, -0.25) is 9.78 Å². The number of carbonyl (C=O) groups is 1. The molecule has 1 aliphatic heterocycles. The Kier molecular flexibility index (Phi) is 6.87. The number of rotatable bonds is 7. The summed E-state index contributed by atoms with van der Waals surface area (Å²) in [5.74, 6) is 0.219. The number of hydrogen-bond acceptors (Lipinski definition) is 6. The first kappa shape index (κ1) is 23.0. The van der Waals surface area contributed by atoms with Crippen LogP contribution in [0.3, 0.4) is 0 Å². The van der Waals surface area contributed by atoms with Crippen LogP contribution >= 0.6 is 0 Å². The van der Waals surface area contributed by atoms with Crippen molar-refractivity contribution >= 4 is 11.5 Å². The van der Waals surface area contributed by atoms with Crippen molar-refractivity contribution in [3.63, 3.8) is 0 Å². The van der Waals surface area contributed by atoms with E-state index in [-0.39, 0.29) is 18.3 Å². The highest BCUT2D eigenvalue weighted by atomic mass is 19.1. The Morgan fingerprint density at radius 3 is 2.85 bits per heavy atom. The van der Waals surface area contributed by atoms with Crippen LogP contribution in [0.15, 0.2) is 67.1 Å². The predicted octanol–water partition coefficient (Wildman–Crippen LogP) is 4.50. The van der Waals surface area contributed by atoms with E-state index >= 15 is 0 Å². The van der Waals surface area contributed by atoms with Crippen LogP contribution in [0.5, 0.6) is 17.4 Å². The molecule has 0 saturated carbocycles. The molecule has 34 heavy (non-hydrogen) atoms. The third-order valence-electron chi connectivity index (χ3n) is 5.34. The van der Waals surface area contributed by atoms with Crippen LogP contribution in [-0.4, -0.2) is 41.5 Å². The lowest BCUT2D eigenvalue weighted by molar-refractivity contribution is 0.0950. The molecule has 0 spiro atoms. The van der Waals surface area contributed by atoms with E-state index in [4.69, 9.17) is 9.47 Å². The molecule has 0 atom stereocenters. The van der Waals surface area contributed by atoms with Crippen molar-refractivity contribution in [3.05, 3.63) is 95.3 Å². The van der Waals surface area contributed by atoms with Gasteiger partial charge in [0.2, 0.25) is 5.88 Å². The van der Waals surface area contributed by atoms with Gasteiger partial charge in [0.15, 0.2) is 5.82 Å². The normalized spacial score (nSPS) is 12.8. The number of allylic oxidation sites excluding steroid dienone is 2. The molecule has 0 unspecified atom stereocenters. The van der Waals surface area contributed by atoms with Crippen molar-refractivity contribution in [2.45, 2.75) is 13.5 Å². The number of amides is 1. The van der Waals surface area contributed by atoms with Crippen molar-refractivity contribution in [2.75, 3.05) is 20.7 Å². The van der Waals surface area contributed by atoms with Gasteiger partial charge in [-0.05, 0) is 36.8 Å². The Morgan fingerprint density at radius 1 is 1.24 bits per heavy atom. The highest BCUT2D eigenvalue weighted by molar-refractivity contribution is 5.96. The molecule has 1 N–H and O–H groups in total. The summed E-state index contributed by atoms with van der Waals surface area (Å²) in [4.78, 5) is 23.2. The minimum atomic E-state index is -0.580. The van der Waals surface area contributed by atoms with Crippen molar-refractivity contribution in [3.8, 4) is 17.4 Å². The van der Waals surface area contributed by atoms with Gasteiger partial charge in [0.25, 0.3) is 5.91 Å². The van der Waals surface area contributed by atoms with Crippen LogP contribution in [-0.2, 0) is 6.54 Å². The van der Waals surface area contributed by atoms with Crippen molar-refractivity contribution in [2.24, 2.45) is 0 Å². The number of benzene rings is 1. The molecule has 1 aliphatic rings. The monoisotopic (exact) mass is 460 g/mol. The van der Waals surface area contributed by atoms with E-state index in [1.807, 2.05) is 38.4 Å². The number of nitrogens with one attached hydrogen (secondary N) is 1. The fourth-order valence-electron chi connectivity index (χ4n) is 3.55. The molecule has 1 amide bonds. The van der Waals surface area contributed by atoms with E-state index in [0.717, 1.165) is 17.8 Å². The van der Waals surface area contributed by atoms with E-state index in [1.54, 1.807) is 24.4 Å². The summed E-state index contributed by atoms with van der Waals surface area (Å²) in [5, 5.41) is 2.80. The first-order valence-corrected chi connectivity index (χ1v) is 10.7. The zero-order valence-electron chi connectivity index (χ0n) is 19.2. The number of pyridine rings is 2. The van der Waals surface area contributed by atoms with E-state index in [9.17, 15) is 9.18 Å². The molecule has 3 heterocycles. The molecule has 7 nitrogen and oxygen atoms in total. The number of ether oxygens (including phenoxy) is 2. The van der Waals surface area contributed by atoms with Crippen LogP contribution in [0.25, 0.3) is 5.57 Å². The maximum absolute atomic E-state index is 13.9. The first-order chi connectivity index (χ1) is 16.4. The van der Waals surface area contributed by atoms with Gasteiger partial charge in [-0.15, -0.1) is 0 Å². The maximum Gasteiger partial charge on any atom is 0.251 e. The van der Waals surface area contributed by atoms with Crippen LogP contribution < -0.4 is 14.8 Å². The first-order valence-electron chi connectivity index (χ1n) is 10.7. The average molecular weight is 461 g/mol. The predicted molar refractivity (Wildman–Crippen MR) is 127 cm³/mol.